The molecule has 2 unspecified atom stereocenters. The maximum absolute atomic E-state index is 13.6. The Balaban J connectivity index is 0.853. The minimum absolute atomic E-state index is 0.227. The van der Waals surface area contributed by atoms with Crippen LogP contribution in [0, 0.1) is 0 Å². The van der Waals surface area contributed by atoms with Gasteiger partial charge in [0.15, 0.2) is 0 Å². The third kappa shape index (κ3) is 15.0. The predicted octanol–water partition coefficient (Wildman–Crippen LogP) is 6.76. The molecule has 434 valence electrons. The third-order valence-corrected chi connectivity index (χ3v) is 16.2. The number of methoxy groups -OCH3 is 1. The summed E-state index contributed by atoms with van der Waals surface area (Å²) < 4.78 is 74.1. The summed E-state index contributed by atoms with van der Waals surface area (Å²) in [6.45, 7) is 5.44. The van der Waals surface area contributed by atoms with E-state index in [0.29, 0.717) is 54.0 Å². The van der Waals surface area contributed by atoms with E-state index in [0.717, 1.165) is 29.3 Å². The van der Waals surface area contributed by atoms with E-state index >= 15 is 0 Å². The van der Waals surface area contributed by atoms with Crippen molar-refractivity contribution >= 4 is 72.8 Å². The Labute approximate surface area is 483 Å². The first-order chi connectivity index (χ1) is 39.8. The molecule has 3 amide bonds. The lowest BCUT2D eigenvalue weighted by molar-refractivity contribution is -0.432. The van der Waals surface area contributed by atoms with Crippen LogP contribution in [0.1, 0.15) is 54.2 Å². The molecule has 8 rings (SSSR count). The number of hydrazine groups is 1. The summed E-state index contributed by atoms with van der Waals surface area (Å²) in [6.07, 6.45) is 5.13. The Bertz CT molecular complexity index is 3640. The van der Waals surface area contributed by atoms with Crippen LogP contribution in [0.4, 0.5) is 10.7 Å². The van der Waals surface area contributed by atoms with Gasteiger partial charge < -0.3 is 25.4 Å². The van der Waals surface area contributed by atoms with Gasteiger partial charge in [0.2, 0.25) is 16.0 Å². The molecule has 0 aliphatic heterocycles. The lowest BCUT2D eigenvalue weighted by atomic mass is 9.76. The van der Waals surface area contributed by atoms with Crippen LogP contribution < -0.4 is 30.9 Å². The summed E-state index contributed by atoms with van der Waals surface area (Å²) >= 11 is 0.435. The fraction of sp³-hybridized carbons (Fsp3) is 0.228. The van der Waals surface area contributed by atoms with Crippen molar-refractivity contribution in [2.45, 2.75) is 66.8 Å². The second-order valence-electron chi connectivity index (χ2n) is 19.5. The van der Waals surface area contributed by atoms with Crippen molar-refractivity contribution in [1.82, 2.24) is 44.9 Å². The Morgan fingerprint density at radius 1 is 0.735 bits per heavy atom. The number of fused-ring (bicyclic) bond motifs is 1. The average molecular weight is 1190 g/mol. The van der Waals surface area contributed by atoms with Crippen LogP contribution in [0.5, 0.6) is 0 Å². The Kier molecular flexibility index (Phi) is 19.8. The third-order valence-electron chi connectivity index (χ3n) is 12.9. The predicted molar refractivity (Wildman–Crippen MR) is 309 cm³/mol. The summed E-state index contributed by atoms with van der Waals surface area (Å²) in [5.74, 6) is -2.19. The summed E-state index contributed by atoms with van der Waals surface area (Å²) in [5.41, 5.74) is 5.57. The molecule has 7 N–H and O–H groups in total. The van der Waals surface area contributed by atoms with E-state index in [1.165, 1.54) is 48.5 Å². The van der Waals surface area contributed by atoms with Gasteiger partial charge >= 0.3 is 12.1 Å². The highest BCUT2D eigenvalue weighted by Crippen LogP contribution is 2.42. The molecule has 0 radical (unpaired) electrons. The van der Waals surface area contributed by atoms with Crippen molar-refractivity contribution in [3.63, 3.8) is 0 Å². The molecule has 0 fully saturated rings. The molecule has 8 aromatic rings. The molecule has 0 aliphatic carbocycles. The standard InChI is InChI=1S/C57H60N10O13S3/c1-56(2,3)78-55(71)62-49(38-81-80-79-72)52(69)63-65-83(75,76)47-28-23-40(24-29-47)39-21-26-46(27-22-39)82(73,74)64-48(53(70)77-4)37-60-51(68)41-25-30-50-42(35-41)36-61-67(50)33-14-31-58-54-59-32-34-66(54)57(43-15-8-5-9-16-43,44-17-10-6-11-18-44)45-19-12-7-13-20-45/h5-13,15-30,32,34-36,48-49,64-65,72H,14,31,33,37-38H2,1-4H3,(H,58,59)(H,60,68)(H,62,71)(H,63,69). The van der Waals surface area contributed by atoms with Gasteiger partial charge in [0.25, 0.3) is 21.8 Å². The molecular formula is C57H60N10O13S3. The number of hydrogen-bond acceptors (Lipinski definition) is 17. The minimum Gasteiger partial charge on any atom is -0.468 e. The van der Waals surface area contributed by atoms with Crippen LogP contribution in [0.25, 0.3) is 22.0 Å². The van der Waals surface area contributed by atoms with E-state index < -0.39 is 73.7 Å². The first-order valence-electron chi connectivity index (χ1n) is 25.7. The quantitative estimate of drug-likeness (QED) is 0.00735. The number of esters is 1. The fourth-order valence-electron chi connectivity index (χ4n) is 9.03. The van der Waals surface area contributed by atoms with E-state index in [1.807, 2.05) is 75.7 Å². The molecule has 23 nitrogen and oxygen atoms in total. The number of nitrogens with zero attached hydrogens (tertiary/aromatic N) is 4. The molecule has 2 aromatic heterocycles. The number of alkyl carbamates (subject to hydrolysis) is 1. The normalized spacial score (nSPS) is 12.7. The second-order valence-corrected chi connectivity index (χ2v) is 23.6. The van der Waals surface area contributed by atoms with Crippen molar-refractivity contribution in [3.8, 4) is 11.1 Å². The molecule has 2 heterocycles. The molecule has 6 aromatic carbocycles. The minimum atomic E-state index is -4.39. The number of anilines is 1. The van der Waals surface area contributed by atoms with Crippen molar-refractivity contribution < 1.29 is 60.1 Å². The lowest BCUT2D eigenvalue weighted by Gasteiger charge is -2.38. The number of aryl methyl sites for hydroxylation is 1. The number of rotatable bonds is 26. The van der Waals surface area contributed by atoms with Gasteiger partial charge in [-0.2, -0.15) is 9.82 Å². The van der Waals surface area contributed by atoms with Crippen LogP contribution in [-0.4, -0.2) is 109 Å². The summed E-state index contributed by atoms with van der Waals surface area (Å²) in [5, 5.41) is 25.7. The number of carbonyl (C=O) groups is 4. The highest BCUT2D eigenvalue weighted by atomic mass is 32.2. The monoisotopic (exact) mass is 1190 g/mol. The maximum atomic E-state index is 13.6. The largest absolute Gasteiger partial charge is 0.468 e. The Hall–Kier alpha value is -8.47. The topological polar surface area (TPSA) is 302 Å². The summed E-state index contributed by atoms with van der Waals surface area (Å²) in [6, 6.07) is 44.0. The van der Waals surface area contributed by atoms with Crippen LogP contribution in [0.2, 0.25) is 0 Å². The highest BCUT2D eigenvalue weighted by Gasteiger charge is 2.40. The van der Waals surface area contributed by atoms with Crippen LogP contribution >= 0.6 is 12.0 Å². The molecule has 0 aliphatic rings. The van der Waals surface area contributed by atoms with Crippen LogP contribution in [0.3, 0.4) is 0 Å². The molecule has 26 heteroatoms. The van der Waals surface area contributed by atoms with E-state index in [9.17, 15) is 36.0 Å². The van der Waals surface area contributed by atoms with Gasteiger partial charge in [-0.15, -0.1) is 9.16 Å². The number of benzene rings is 6. The zero-order valence-corrected chi connectivity index (χ0v) is 47.7. The Morgan fingerprint density at radius 3 is 1.87 bits per heavy atom. The van der Waals surface area contributed by atoms with Crippen LogP contribution in [0.15, 0.2) is 186 Å². The van der Waals surface area contributed by atoms with Gasteiger partial charge in [0.1, 0.15) is 23.2 Å². The number of nitrogens with one attached hydrogen (secondary N) is 6. The summed E-state index contributed by atoms with van der Waals surface area (Å²) in [7, 11) is -7.67. The van der Waals surface area contributed by atoms with Gasteiger partial charge in [-0.05, 0) is 97.5 Å². The summed E-state index contributed by atoms with van der Waals surface area (Å²) in [4.78, 5) is 57.8. The molecule has 0 spiro atoms. The van der Waals surface area contributed by atoms with E-state index in [4.69, 9.17) is 19.7 Å². The molecule has 0 bridgehead atoms. The van der Waals surface area contributed by atoms with E-state index in [2.05, 4.69) is 76.1 Å². The van der Waals surface area contributed by atoms with Gasteiger partial charge in [-0.3, -0.25) is 29.1 Å². The SMILES string of the molecule is COC(=O)C(CNC(=O)c1ccc2c(cnn2CCCNc2nccn2C(c2ccccc2)(c2ccccc2)c2ccccc2)c1)NS(=O)(=O)c1ccc(-c2ccc(S(=O)(=O)NNC(=O)C(CSOOO)NC(=O)OC(C)(C)C)cc2)cc1. The fourth-order valence-corrected chi connectivity index (χ4v) is 11.5. The number of imidazole rings is 1. The average Bonchev–Trinajstić information content (AvgIpc) is 4.31. The van der Waals surface area contributed by atoms with E-state index in [-0.39, 0.29) is 21.1 Å². The molecule has 0 saturated heterocycles. The smallest absolute Gasteiger partial charge is 0.408 e. The lowest BCUT2D eigenvalue weighted by Crippen LogP contribution is -2.54. The molecular weight excluding hydrogens is 1130 g/mol. The van der Waals surface area contributed by atoms with Crippen molar-refractivity contribution in [1.29, 1.82) is 0 Å². The van der Waals surface area contributed by atoms with Crippen molar-refractivity contribution in [3.05, 3.63) is 199 Å². The number of amides is 3. The second kappa shape index (κ2) is 27.1. The molecule has 83 heavy (non-hydrogen) atoms. The van der Waals surface area contributed by atoms with Gasteiger partial charge in [0, 0.05) is 55.0 Å². The maximum Gasteiger partial charge on any atom is 0.408 e. The van der Waals surface area contributed by atoms with E-state index in [1.54, 1.807) is 51.4 Å². The van der Waals surface area contributed by atoms with Gasteiger partial charge in [-0.1, -0.05) is 120 Å². The number of sulfonamides is 2. The van der Waals surface area contributed by atoms with Crippen LogP contribution in [-0.2, 0) is 60.6 Å². The number of aromatic nitrogens is 4. The Morgan fingerprint density at radius 2 is 1.31 bits per heavy atom. The number of carbonyl (C=O) groups excluding carboxylic acids is 4. The highest BCUT2D eigenvalue weighted by molar-refractivity contribution is 7.94. The zero-order chi connectivity index (χ0) is 59.2. The molecule has 2 atom stereocenters. The molecule has 0 saturated carbocycles. The first kappa shape index (κ1) is 60.6. The van der Waals surface area contributed by atoms with Crippen molar-refractivity contribution in [2.24, 2.45) is 0 Å². The zero-order valence-electron chi connectivity index (χ0n) is 45.3. The number of ether oxygens (including phenoxy) is 2. The first-order valence-corrected chi connectivity index (χ1v) is 29.6. The van der Waals surface area contributed by atoms with Gasteiger partial charge in [0.05, 0.1) is 34.4 Å². The number of hydrogen-bond donors (Lipinski definition) is 7. The van der Waals surface area contributed by atoms with Crippen molar-refractivity contribution in [2.75, 3.05) is 31.3 Å². The van der Waals surface area contributed by atoms with Gasteiger partial charge in [-0.25, -0.2) is 31.9 Å².